The highest BCUT2D eigenvalue weighted by atomic mass is 32.1. The van der Waals surface area contributed by atoms with Crippen LogP contribution in [0.2, 0.25) is 0 Å². The lowest BCUT2D eigenvalue weighted by Gasteiger charge is -2.20. The fraction of sp³-hybridized carbons (Fsp3) is 0.200. The highest BCUT2D eigenvalue weighted by Gasteiger charge is 2.36. The molecule has 2 aliphatic rings. The molecular weight excluding hydrogens is 358 g/mol. The topological polar surface area (TPSA) is 65.2 Å². The van der Waals surface area contributed by atoms with Crippen LogP contribution in [-0.4, -0.2) is 45.2 Å². The third kappa shape index (κ3) is 2.22. The van der Waals surface area contributed by atoms with Gasteiger partial charge in [-0.15, -0.1) is 11.3 Å². The highest BCUT2D eigenvalue weighted by Crippen LogP contribution is 2.40. The van der Waals surface area contributed by atoms with Gasteiger partial charge in [-0.3, -0.25) is 9.67 Å². The lowest BCUT2D eigenvalue weighted by atomic mass is 9.99. The average molecular weight is 373 g/mol. The van der Waals surface area contributed by atoms with Crippen molar-refractivity contribution in [2.24, 2.45) is 4.99 Å². The molecule has 7 heteroatoms. The zero-order valence-electron chi connectivity index (χ0n) is 14.3. The Morgan fingerprint density at radius 3 is 2.89 bits per heavy atom. The van der Waals surface area contributed by atoms with Crippen LogP contribution in [0, 0.1) is 0 Å². The fourth-order valence-corrected chi connectivity index (χ4v) is 4.66. The highest BCUT2D eigenvalue weighted by molar-refractivity contribution is 7.16. The predicted octanol–water partition coefficient (Wildman–Crippen LogP) is 3.59. The van der Waals surface area contributed by atoms with Gasteiger partial charge in [0.05, 0.1) is 24.9 Å². The second-order valence-electron chi connectivity index (χ2n) is 6.73. The van der Waals surface area contributed by atoms with E-state index in [4.69, 9.17) is 14.8 Å². The number of rotatable bonds is 2. The maximum absolute atomic E-state index is 5.67. The van der Waals surface area contributed by atoms with Crippen molar-refractivity contribution in [2.75, 3.05) is 13.2 Å². The molecule has 1 saturated heterocycles. The van der Waals surface area contributed by atoms with Gasteiger partial charge in [-0.25, -0.2) is 9.97 Å². The first kappa shape index (κ1) is 15.2. The molecule has 132 valence electrons. The maximum atomic E-state index is 5.67. The van der Waals surface area contributed by atoms with Crippen molar-refractivity contribution < 1.29 is 4.74 Å². The van der Waals surface area contributed by atoms with E-state index in [9.17, 15) is 0 Å². The molecule has 0 saturated carbocycles. The van der Waals surface area contributed by atoms with Crippen LogP contribution in [0.3, 0.4) is 0 Å². The minimum Gasteiger partial charge on any atom is -0.377 e. The quantitative estimate of drug-likeness (QED) is 0.539. The Labute approximate surface area is 159 Å². The largest absolute Gasteiger partial charge is 0.377 e. The smallest absolute Gasteiger partial charge is 0.127 e. The first-order chi connectivity index (χ1) is 13.4. The molecule has 0 amide bonds. The Hall–Kier alpha value is -2.90. The van der Waals surface area contributed by atoms with E-state index in [0.717, 1.165) is 38.4 Å². The number of hydrogen-bond acceptors (Lipinski definition) is 6. The van der Waals surface area contributed by atoms with Crippen molar-refractivity contribution in [3.8, 4) is 22.5 Å². The molecule has 27 heavy (non-hydrogen) atoms. The van der Waals surface area contributed by atoms with Crippen molar-refractivity contribution in [3.05, 3.63) is 53.8 Å². The summed E-state index contributed by atoms with van der Waals surface area (Å²) in [7, 11) is 0. The molecule has 3 aromatic heterocycles. The molecule has 1 fully saturated rings. The van der Waals surface area contributed by atoms with Gasteiger partial charge >= 0.3 is 0 Å². The van der Waals surface area contributed by atoms with Crippen LogP contribution in [-0.2, 0) is 4.74 Å². The van der Waals surface area contributed by atoms with Gasteiger partial charge in [-0.2, -0.15) is 5.10 Å². The Bertz CT molecular complexity index is 1180. The molecule has 0 N–H and O–H groups in total. The molecule has 0 aliphatic carbocycles. The van der Waals surface area contributed by atoms with Crippen LogP contribution in [0.15, 0.2) is 53.1 Å². The van der Waals surface area contributed by atoms with Crippen LogP contribution in [0.5, 0.6) is 0 Å². The summed E-state index contributed by atoms with van der Waals surface area (Å²) in [4.78, 5) is 14.7. The van der Waals surface area contributed by atoms with Crippen molar-refractivity contribution in [1.82, 2.24) is 19.7 Å². The number of benzene rings is 1. The second kappa shape index (κ2) is 5.80. The van der Waals surface area contributed by atoms with Crippen molar-refractivity contribution in [3.63, 3.8) is 0 Å². The molecule has 6 rings (SSSR count). The van der Waals surface area contributed by atoms with E-state index in [1.165, 1.54) is 0 Å². The summed E-state index contributed by atoms with van der Waals surface area (Å²) in [5.74, 6) is 0. The summed E-state index contributed by atoms with van der Waals surface area (Å²) in [6.45, 7) is 1.29. The van der Waals surface area contributed by atoms with E-state index in [1.54, 1.807) is 17.7 Å². The minimum absolute atomic E-state index is 0.139. The first-order valence-electron chi connectivity index (χ1n) is 8.87. The molecular formula is C20H15N5OS. The summed E-state index contributed by atoms with van der Waals surface area (Å²) in [6, 6.07) is 12.7. The van der Waals surface area contributed by atoms with Crippen molar-refractivity contribution >= 4 is 27.8 Å². The minimum atomic E-state index is 0.139. The zero-order valence-corrected chi connectivity index (χ0v) is 15.1. The van der Waals surface area contributed by atoms with E-state index in [1.807, 2.05) is 29.8 Å². The summed E-state index contributed by atoms with van der Waals surface area (Å²) in [6.07, 6.45) is 3.57. The van der Waals surface area contributed by atoms with Gasteiger partial charge in [0, 0.05) is 17.2 Å². The maximum Gasteiger partial charge on any atom is 0.127 e. The number of hydrogen-bond donors (Lipinski definition) is 0. The molecule has 6 nitrogen and oxygen atoms in total. The Morgan fingerprint density at radius 1 is 1.04 bits per heavy atom. The Balaban J connectivity index is 1.67. The lowest BCUT2D eigenvalue weighted by molar-refractivity contribution is 0.183. The van der Waals surface area contributed by atoms with Crippen LogP contribution >= 0.6 is 11.3 Å². The average Bonchev–Trinajstić information content (AvgIpc) is 3.44. The SMILES string of the molecule is C1=N[C@H]2COC[C@@H]2n2nc(-c3ncnc4sccc34)c(-c3ccccc3)c21. The van der Waals surface area contributed by atoms with Gasteiger partial charge in [-0.1, -0.05) is 30.3 Å². The molecule has 0 spiro atoms. The molecule has 2 aliphatic heterocycles. The van der Waals surface area contributed by atoms with Gasteiger partial charge < -0.3 is 4.74 Å². The summed E-state index contributed by atoms with van der Waals surface area (Å²) in [5, 5.41) is 8.11. The normalized spacial score (nSPS) is 20.7. The molecule has 0 unspecified atom stereocenters. The van der Waals surface area contributed by atoms with Crippen LogP contribution in [0.1, 0.15) is 11.7 Å². The van der Waals surface area contributed by atoms with Gasteiger partial charge in [0.1, 0.15) is 28.6 Å². The molecule has 0 radical (unpaired) electrons. The number of fused-ring (bicyclic) bond motifs is 4. The van der Waals surface area contributed by atoms with Crippen molar-refractivity contribution in [2.45, 2.75) is 12.1 Å². The number of ether oxygens (including phenoxy) is 1. The van der Waals surface area contributed by atoms with E-state index in [-0.39, 0.29) is 12.1 Å². The molecule has 0 bridgehead atoms. The van der Waals surface area contributed by atoms with Crippen LogP contribution in [0.25, 0.3) is 32.7 Å². The van der Waals surface area contributed by atoms with Gasteiger partial charge in [0.25, 0.3) is 0 Å². The van der Waals surface area contributed by atoms with Crippen molar-refractivity contribution in [1.29, 1.82) is 0 Å². The number of thiophene rings is 1. The first-order valence-corrected chi connectivity index (χ1v) is 9.75. The fourth-order valence-electron chi connectivity index (χ4n) is 3.93. The Morgan fingerprint density at radius 2 is 1.96 bits per heavy atom. The van der Waals surface area contributed by atoms with Gasteiger partial charge in [-0.05, 0) is 17.0 Å². The standard InChI is InChI=1S/C20H15N5OS/c1-2-4-12(5-3-1)17-15-8-21-14-9-26-10-16(14)25(15)24-19(17)18-13-6-7-27-20(13)23-11-22-18/h1-8,11,14,16H,9-10H2/t14-,16-/m0/s1. The predicted molar refractivity (Wildman–Crippen MR) is 105 cm³/mol. The lowest BCUT2D eigenvalue weighted by Crippen LogP contribution is -2.27. The van der Waals surface area contributed by atoms with E-state index >= 15 is 0 Å². The summed E-state index contributed by atoms with van der Waals surface area (Å²) >= 11 is 1.62. The molecule has 4 aromatic rings. The number of nitrogens with zero attached hydrogens (tertiary/aromatic N) is 5. The second-order valence-corrected chi connectivity index (χ2v) is 7.63. The Kier molecular flexibility index (Phi) is 3.26. The summed E-state index contributed by atoms with van der Waals surface area (Å²) < 4.78 is 7.75. The molecule has 2 atom stereocenters. The van der Waals surface area contributed by atoms with Gasteiger partial charge in [0.15, 0.2) is 0 Å². The zero-order chi connectivity index (χ0) is 17.8. The van der Waals surface area contributed by atoms with E-state index in [2.05, 4.69) is 32.8 Å². The third-order valence-electron chi connectivity index (χ3n) is 5.22. The monoisotopic (exact) mass is 373 g/mol. The van der Waals surface area contributed by atoms with Gasteiger partial charge in [0.2, 0.25) is 0 Å². The summed E-state index contributed by atoms with van der Waals surface area (Å²) in [5.41, 5.74) is 4.94. The number of aliphatic imine (C=N–C) groups is 1. The van der Waals surface area contributed by atoms with E-state index in [0.29, 0.717) is 13.2 Å². The van der Waals surface area contributed by atoms with Crippen LogP contribution in [0.4, 0.5) is 0 Å². The molecule has 5 heterocycles. The third-order valence-corrected chi connectivity index (χ3v) is 6.04. The number of aromatic nitrogens is 4. The molecule has 1 aromatic carbocycles. The van der Waals surface area contributed by atoms with Crippen LogP contribution < -0.4 is 0 Å². The van der Waals surface area contributed by atoms with E-state index < -0.39 is 0 Å².